The molecule has 0 aromatic heterocycles. The first-order valence-electron chi connectivity index (χ1n) is 9.55. The average molecular weight is 391 g/mol. The van der Waals surface area contributed by atoms with Crippen LogP contribution in [0, 0.1) is 24.7 Å². The smallest absolute Gasteiger partial charge is 0.173 e. The molecule has 0 bridgehead atoms. The lowest BCUT2D eigenvalue weighted by Crippen LogP contribution is -2.44. The Hall–Kier alpha value is -2.05. The van der Waals surface area contributed by atoms with E-state index in [2.05, 4.69) is 62.3 Å². The van der Waals surface area contributed by atoms with Crippen LogP contribution in [0.4, 0.5) is 0 Å². The van der Waals surface area contributed by atoms with Gasteiger partial charge in [-0.3, -0.25) is 0 Å². The largest absolute Gasteiger partial charge is 0.455 e. The maximum atomic E-state index is 6.79. The van der Waals surface area contributed by atoms with Gasteiger partial charge in [0.2, 0.25) is 0 Å². The van der Waals surface area contributed by atoms with E-state index >= 15 is 0 Å². The fourth-order valence-corrected chi connectivity index (χ4v) is 12.0. The Labute approximate surface area is 167 Å². The second-order valence-electron chi connectivity index (χ2n) is 8.22. The molecule has 0 radical (unpaired) electrons. The van der Waals surface area contributed by atoms with Crippen molar-refractivity contribution in [2.24, 2.45) is 0 Å². The second-order valence-corrected chi connectivity index (χ2v) is 17.1. The van der Waals surface area contributed by atoms with Crippen molar-refractivity contribution in [2.45, 2.75) is 51.1 Å². The van der Waals surface area contributed by atoms with Gasteiger partial charge in [-0.2, -0.15) is 0 Å². The van der Waals surface area contributed by atoms with Gasteiger partial charge in [0.1, 0.15) is 0 Å². The highest BCUT2D eigenvalue weighted by Crippen LogP contribution is 2.25. The van der Waals surface area contributed by atoms with Crippen LogP contribution in [0.3, 0.4) is 0 Å². The van der Waals surface area contributed by atoms with E-state index in [1.807, 2.05) is 24.3 Å². The van der Waals surface area contributed by atoms with Gasteiger partial charge in [-0.05, 0) is 74.4 Å². The summed E-state index contributed by atoms with van der Waals surface area (Å²) in [6, 6.07) is 18.6. The molecule has 2 rings (SSSR count). The van der Waals surface area contributed by atoms with E-state index in [-0.39, 0.29) is 0 Å². The minimum Gasteiger partial charge on any atom is -0.455 e. The Morgan fingerprint density at radius 1 is 0.704 bits per heavy atom. The summed E-state index contributed by atoms with van der Waals surface area (Å²) < 4.78 is 6.79. The third-order valence-electron chi connectivity index (χ3n) is 4.89. The average Bonchev–Trinajstić information content (AvgIpc) is 2.64. The summed E-state index contributed by atoms with van der Waals surface area (Å²) in [5.74, 6) is 5.59. The Balaban J connectivity index is 1.96. The Morgan fingerprint density at radius 2 is 1.07 bits per heavy atom. The SMILES string of the molecule is C#Cc1ccccc1CC[Si](C)(C)O[Si](C)(C)CCc1ccccc1C#C. The summed E-state index contributed by atoms with van der Waals surface area (Å²) in [6.45, 7) is 9.32. The molecule has 0 saturated carbocycles. The van der Waals surface area contributed by atoms with Crippen LogP contribution in [-0.4, -0.2) is 16.6 Å². The van der Waals surface area contributed by atoms with E-state index in [9.17, 15) is 0 Å². The second kappa shape index (κ2) is 9.24. The maximum absolute atomic E-state index is 6.79. The van der Waals surface area contributed by atoms with E-state index in [4.69, 9.17) is 17.0 Å². The molecular weight excluding hydrogens is 360 g/mol. The number of benzene rings is 2. The van der Waals surface area contributed by atoms with Crippen LogP contribution >= 0.6 is 0 Å². The fourth-order valence-electron chi connectivity index (χ4n) is 3.48. The van der Waals surface area contributed by atoms with E-state index in [1.54, 1.807) is 0 Å². The van der Waals surface area contributed by atoms with Crippen LogP contribution in [0.5, 0.6) is 0 Å². The number of terminal acetylenes is 2. The van der Waals surface area contributed by atoms with Crippen LogP contribution in [0.2, 0.25) is 38.3 Å². The van der Waals surface area contributed by atoms with E-state index < -0.39 is 16.6 Å². The number of hydrogen-bond donors (Lipinski definition) is 0. The van der Waals surface area contributed by atoms with Gasteiger partial charge in [-0.1, -0.05) is 48.2 Å². The molecule has 0 unspecified atom stereocenters. The molecule has 140 valence electrons. The molecule has 0 aliphatic carbocycles. The molecule has 0 amide bonds. The fraction of sp³-hybridized carbons (Fsp3) is 0.333. The molecule has 0 atom stereocenters. The molecule has 3 heteroatoms. The molecule has 2 aromatic carbocycles. The summed E-state index contributed by atoms with van der Waals surface area (Å²) in [4.78, 5) is 0. The van der Waals surface area contributed by atoms with Crippen LogP contribution < -0.4 is 0 Å². The van der Waals surface area contributed by atoms with Crippen molar-refractivity contribution < 1.29 is 4.12 Å². The standard InChI is InChI=1S/C24H30OSi2/c1-7-21-13-9-11-15-23(21)17-19-26(3,4)25-27(5,6)20-18-24-16-12-10-14-22(24)8-2/h1-2,9-16H,17-20H2,3-6H3. The third-order valence-corrected chi connectivity index (χ3v) is 12.2. The van der Waals surface area contributed by atoms with Crippen LogP contribution in [0.25, 0.3) is 0 Å². The highest BCUT2D eigenvalue weighted by atomic mass is 28.4. The molecule has 0 aliphatic heterocycles. The van der Waals surface area contributed by atoms with Crippen molar-refractivity contribution >= 4 is 16.6 Å². The first-order chi connectivity index (χ1) is 12.8. The summed E-state index contributed by atoms with van der Waals surface area (Å²) in [5, 5.41) is 0. The molecule has 0 aliphatic rings. The normalized spacial score (nSPS) is 11.6. The molecule has 0 saturated heterocycles. The van der Waals surface area contributed by atoms with E-state index in [0.717, 1.165) is 36.1 Å². The Kier molecular flexibility index (Phi) is 7.28. The summed E-state index contributed by atoms with van der Waals surface area (Å²) in [5.41, 5.74) is 4.52. The van der Waals surface area contributed by atoms with Crippen LogP contribution in [0.1, 0.15) is 22.3 Å². The summed E-state index contributed by atoms with van der Waals surface area (Å²) >= 11 is 0. The van der Waals surface area contributed by atoms with Gasteiger partial charge in [-0.15, -0.1) is 12.8 Å². The molecule has 1 nitrogen and oxygen atoms in total. The lowest BCUT2D eigenvalue weighted by molar-refractivity contribution is 0.536. The Bertz CT molecular complexity index is 782. The quantitative estimate of drug-likeness (QED) is 0.405. The van der Waals surface area contributed by atoms with Gasteiger partial charge in [-0.25, -0.2) is 0 Å². The van der Waals surface area contributed by atoms with E-state index in [0.29, 0.717) is 0 Å². The minimum absolute atomic E-state index is 0.990. The van der Waals surface area contributed by atoms with Crippen molar-refractivity contribution in [3.63, 3.8) is 0 Å². The van der Waals surface area contributed by atoms with Gasteiger partial charge < -0.3 is 4.12 Å². The van der Waals surface area contributed by atoms with Crippen molar-refractivity contribution in [2.75, 3.05) is 0 Å². The molecule has 0 fully saturated rings. The zero-order valence-electron chi connectivity index (χ0n) is 17.0. The van der Waals surface area contributed by atoms with Crippen molar-refractivity contribution in [1.29, 1.82) is 0 Å². The topological polar surface area (TPSA) is 9.23 Å². The van der Waals surface area contributed by atoms with Crippen LogP contribution in [-0.2, 0) is 17.0 Å². The Morgan fingerprint density at radius 3 is 1.44 bits per heavy atom. The van der Waals surface area contributed by atoms with E-state index in [1.165, 1.54) is 11.1 Å². The lowest BCUT2D eigenvalue weighted by atomic mass is 10.1. The van der Waals surface area contributed by atoms with Gasteiger partial charge in [0, 0.05) is 11.1 Å². The van der Waals surface area contributed by atoms with Gasteiger partial charge in [0.05, 0.1) is 0 Å². The molecular formula is C24H30OSi2. The van der Waals surface area contributed by atoms with Gasteiger partial charge in [0.15, 0.2) is 16.6 Å². The van der Waals surface area contributed by atoms with Crippen LogP contribution in [0.15, 0.2) is 48.5 Å². The third kappa shape index (κ3) is 6.56. The summed E-state index contributed by atoms with van der Waals surface area (Å²) in [7, 11) is -3.53. The number of rotatable bonds is 8. The molecule has 2 aromatic rings. The molecule has 0 heterocycles. The van der Waals surface area contributed by atoms with Crippen molar-refractivity contribution in [3.05, 3.63) is 70.8 Å². The zero-order chi connectivity index (χ0) is 19.9. The highest BCUT2D eigenvalue weighted by Gasteiger charge is 2.32. The first kappa shape index (κ1) is 21.3. The monoisotopic (exact) mass is 390 g/mol. The molecule has 0 N–H and O–H groups in total. The molecule has 0 spiro atoms. The highest BCUT2D eigenvalue weighted by molar-refractivity contribution is 6.84. The molecule has 27 heavy (non-hydrogen) atoms. The number of hydrogen-bond acceptors (Lipinski definition) is 1. The maximum Gasteiger partial charge on any atom is 0.173 e. The van der Waals surface area contributed by atoms with Gasteiger partial charge in [0.25, 0.3) is 0 Å². The predicted octanol–water partition coefficient (Wildman–Crippen LogP) is 5.86. The summed E-state index contributed by atoms with van der Waals surface area (Å²) in [6.07, 6.45) is 13.2. The lowest BCUT2D eigenvalue weighted by Gasteiger charge is -2.34. The number of aryl methyl sites for hydroxylation is 2. The van der Waals surface area contributed by atoms with Crippen molar-refractivity contribution in [1.82, 2.24) is 0 Å². The zero-order valence-corrected chi connectivity index (χ0v) is 19.0. The van der Waals surface area contributed by atoms with Gasteiger partial charge >= 0.3 is 0 Å². The van der Waals surface area contributed by atoms with Crippen molar-refractivity contribution in [3.8, 4) is 24.7 Å². The first-order valence-corrected chi connectivity index (χ1v) is 15.8. The minimum atomic E-state index is -1.76. The predicted molar refractivity (Wildman–Crippen MR) is 122 cm³/mol.